The quantitative estimate of drug-likeness (QED) is 0.767. The summed E-state index contributed by atoms with van der Waals surface area (Å²) < 4.78 is 10.4. The molecule has 0 bridgehead atoms. The van der Waals surface area contributed by atoms with E-state index in [1.807, 2.05) is 0 Å². The van der Waals surface area contributed by atoms with Crippen LogP contribution >= 0.6 is 0 Å². The summed E-state index contributed by atoms with van der Waals surface area (Å²) in [6, 6.07) is 2.36. The van der Waals surface area contributed by atoms with E-state index < -0.39 is 17.3 Å². The van der Waals surface area contributed by atoms with Gasteiger partial charge >= 0.3 is 0 Å². The third kappa shape index (κ3) is 2.54. The molecule has 18 heavy (non-hydrogen) atoms. The molecule has 0 aromatic rings. The maximum atomic E-state index is 10.8. The zero-order valence-electron chi connectivity index (χ0n) is 11.9. The molecule has 0 heterocycles. The zero-order valence-corrected chi connectivity index (χ0v) is 11.9. The predicted octanol–water partition coefficient (Wildman–Crippen LogP) is 2.47. The Kier molecular flexibility index (Phi) is 5.15. The lowest BCUT2D eigenvalue weighted by atomic mass is 9.61. The van der Waals surface area contributed by atoms with Crippen LogP contribution in [0.15, 0.2) is 0 Å². The molecular weight excluding hydrogens is 230 g/mol. The molecular formula is C14H25NO3. The molecule has 1 rings (SSSR count). The number of ether oxygens (including phenoxy) is 2. The highest BCUT2D eigenvalue weighted by atomic mass is 16.7. The molecule has 1 aliphatic carbocycles. The lowest BCUT2D eigenvalue weighted by Gasteiger charge is -2.47. The van der Waals surface area contributed by atoms with E-state index in [1.54, 1.807) is 6.92 Å². The summed E-state index contributed by atoms with van der Waals surface area (Å²) >= 11 is 0. The number of hydrogen-bond acceptors (Lipinski definition) is 4. The second-order valence-corrected chi connectivity index (χ2v) is 5.52. The molecule has 104 valence electrons. The molecule has 4 heteroatoms. The van der Waals surface area contributed by atoms with Gasteiger partial charge in [-0.1, -0.05) is 26.2 Å². The van der Waals surface area contributed by atoms with Crippen LogP contribution in [-0.4, -0.2) is 31.2 Å². The summed E-state index contributed by atoms with van der Waals surface area (Å²) in [4.78, 5) is 0. The Morgan fingerprint density at radius 1 is 1.50 bits per heavy atom. The van der Waals surface area contributed by atoms with E-state index in [9.17, 15) is 10.4 Å². The summed E-state index contributed by atoms with van der Waals surface area (Å²) in [6.07, 6.45) is 3.81. The van der Waals surface area contributed by atoms with Gasteiger partial charge in [-0.05, 0) is 25.7 Å². The van der Waals surface area contributed by atoms with Gasteiger partial charge in [-0.3, -0.25) is 0 Å². The molecule has 1 N–H and O–H groups in total. The molecule has 1 fully saturated rings. The molecule has 3 atom stereocenters. The highest BCUT2D eigenvalue weighted by Gasteiger charge is 2.54. The summed E-state index contributed by atoms with van der Waals surface area (Å²) in [5, 5.41) is 20.4. The van der Waals surface area contributed by atoms with Crippen molar-refractivity contribution in [1.82, 2.24) is 0 Å². The third-order valence-corrected chi connectivity index (χ3v) is 4.50. The number of nitrogens with zero attached hydrogens (tertiary/aromatic N) is 1. The Morgan fingerprint density at radius 3 is 2.56 bits per heavy atom. The van der Waals surface area contributed by atoms with Gasteiger partial charge in [0.1, 0.15) is 5.60 Å². The van der Waals surface area contributed by atoms with E-state index in [0.717, 1.165) is 25.7 Å². The highest BCUT2D eigenvalue weighted by Crippen LogP contribution is 2.49. The minimum Gasteiger partial charge on any atom is -0.383 e. The Morgan fingerprint density at radius 2 is 2.11 bits per heavy atom. The molecule has 0 aromatic heterocycles. The molecule has 0 aliphatic heterocycles. The number of nitriles is 1. The second kappa shape index (κ2) is 6.01. The first kappa shape index (κ1) is 15.4. The summed E-state index contributed by atoms with van der Waals surface area (Å²) in [5.41, 5.74) is -2.07. The van der Waals surface area contributed by atoms with Crippen molar-refractivity contribution >= 4 is 0 Å². The van der Waals surface area contributed by atoms with E-state index in [-0.39, 0.29) is 0 Å². The van der Waals surface area contributed by atoms with Crippen LogP contribution in [-0.2, 0) is 9.47 Å². The molecule has 0 saturated heterocycles. The van der Waals surface area contributed by atoms with Crippen LogP contribution in [0.4, 0.5) is 0 Å². The molecule has 0 radical (unpaired) electrons. The van der Waals surface area contributed by atoms with Crippen LogP contribution in [0.5, 0.6) is 0 Å². The Hall–Kier alpha value is -0.630. The summed E-state index contributed by atoms with van der Waals surface area (Å²) in [6.45, 7) is 3.79. The van der Waals surface area contributed by atoms with Crippen molar-refractivity contribution < 1.29 is 14.6 Å². The van der Waals surface area contributed by atoms with Crippen molar-refractivity contribution in [3.8, 4) is 6.07 Å². The fourth-order valence-corrected chi connectivity index (χ4v) is 3.19. The van der Waals surface area contributed by atoms with E-state index in [1.165, 1.54) is 14.2 Å². The van der Waals surface area contributed by atoms with Crippen LogP contribution in [0, 0.1) is 22.7 Å². The van der Waals surface area contributed by atoms with Gasteiger partial charge < -0.3 is 14.6 Å². The average molecular weight is 255 g/mol. The van der Waals surface area contributed by atoms with Gasteiger partial charge in [0.25, 0.3) is 0 Å². The lowest BCUT2D eigenvalue weighted by Crippen LogP contribution is -2.56. The highest BCUT2D eigenvalue weighted by molar-refractivity contribution is 5.13. The van der Waals surface area contributed by atoms with Crippen molar-refractivity contribution in [3.63, 3.8) is 0 Å². The Bertz CT molecular complexity index is 307. The normalized spacial score (nSPS) is 31.9. The molecule has 0 spiro atoms. The third-order valence-electron chi connectivity index (χ3n) is 4.50. The van der Waals surface area contributed by atoms with Crippen LogP contribution < -0.4 is 0 Å². The summed E-state index contributed by atoms with van der Waals surface area (Å²) in [5.74, 6) is 0.499. The van der Waals surface area contributed by atoms with Crippen LogP contribution in [0.25, 0.3) is 0 Å². The van der Waals surface area contributed by atoms with Crippen molar-refractivity contribution in [1.29, 1.82) is 5.26 Å². The Labute approximate surface area is 110 Å². The molecule has 1 aliphatic rings. The van der Waals surface area contributed by atoms with Gasteiger partial charge in [-0.25, -0.2) is 0 Å². The van der Waals surface area contributed by atoms with Crippen LogP contribution in [0.3, 0.4) is 0 Å². The van der Waals surface area contributed by atoms with Gasteiger partial charge in [0.15, 0.2) is 6.29 Å². The minimum absolute atomic E-state index is 0.499. The predicted molar refractivity (Wildman–Crippen MR) is 68.7 cm³/mol. The van der Waals surface area contributed by atoms with E-state index >= 15 is 0 Å². The standard InChI is InChI=1S/C14H25NO3/c1-5-11-7-6-8-14(9-11,10-15)13(2,16)12(17-3)18-4/h11-12,16H,5-9H2,1-4H3. The molecule has 0 aromatic carbocycles. The first-order chi connectivity index (χ1) is 8.47. The molecule has 0 amide bonds. The van der Waals surface area contributed by atoms with Crippen molar-refractivity contribution in [2.24, 2.45) is 11.3 Å². The largest absolute Gasteiger partial charge is 0.383 e. The van der Waals surface area contributed by atoms with Gasteiger partial charge in [-0.2, -0.15) is 5.26 Å². The smallest absolute Gasteiger partial charge is 0.186 e. The maximum Gasteiger partial charge on any atom is 0.186 e. The topological polar surface area (TPSA) is 62.5 Å². The van der Waals surface area contributed by atoms with E-state index in [0.29, 0.717) is 12.3 Å². The lowest BCUT2D eigenvalue weighted by molar-refractivity contribution is -0.247. The fraction of sp³-hybridized carbons (Fsp3) is 0.929. The fourth-order valence-electron chi connectivity index (χ4n) is 3.19. The summed E-state index contributed by atoms with van der Waals surface area (Å²) in [7, 11) is 2.99. The SMILES string of the molecule is CCC1CCCC(C#N)(C(C)(O)C(OC)OC)C1. The van der Waals surface area contributed by atoms with Crippen LogP contribution in [0.1, 0.15) is 46.0 Å². The van der Waals surface area contributed by atoms with Crippen LogP contribution in [0.2, 0.25) is 0 Å². The second-order valence-electron chi connectivity index (χ2n) is 5.52. The van der Waals surface area contributed by atoms with E-state index in [2.05, 4.69) is 13.0 Å². The van der Waals surface area contributed by atoms with Crippen molar-refractivity contribution in [3.05, 3.63) is 0 Å². The monoisotopic (exact) mass is 255 g/mol. The van der Waals surface area contributed by atoms with Crippen molar-refractivity contribution in [2.45, 2.75) is 57.8 Å². The number of hydrogen-bond donors (Lipinski definition) is 1. The first-order valence-electron chi connectivity index (χ1n) is 6.66. The number of methoxy groups -OCH3 is 2. The number of aliphatic hydroxyl groups is 1. The zero-order chi connectivity index (χ0) is 13.8. The van der Waals surface area contributed by atoms with Gasteiger partial charge in [0.05, 0.1) is 11.5 Å². The Balaban J connectivity index is 3.03. The molecule has 3 unspecified atom stereocenters. The maximum absolute atomic E-state index is 10.8. The van der Waals surface area contributed by atoms with E-state index in [4.69, 9.17) is 9.47 Å². The van der Waals surface area contributed by atoms with Crippen molar-refractivity contribution in [2.75, 3.05) is 14.2 Å². The number of rotatable bonds is 5. The molecule has 4 nitrogen and oxygen atoms in total. The van der Waals surface area contributed by atoms with Gasteiger partial charge in [-0.15, -0.1) is 0 Å². The average Bonchev–Trinajstić information content (AvgIpc) is 2.39. The minimum atomic E-state index is -1.29. The van der Waals surface area contributed by atoms with Gasteiger partial charge in [0, 0.05) is 14.2 Å². The van der Waals surface area contributed by atoms with Gasteiger partial charge in [0.2, 0.25) is 0 Å². The first-order valence-corrected chi connectivity index (χ1v) is 6.66. The molecule has 1 saturated carbocycles.